The summed E-state index contributed by atoms with van der Waals surface area (Å²) < 4.78 is 11.3. The van der Waals surface area contributed by atoms with Crippen LogP contribution in [0.15, 0.2) is 89.7 Å². The van der Waals surface area contributed by atoms with Crippen molar-refractivity contribution >= 4 is 34.2 Å². The van der Waals surface area contributed by atoms with E-state index < -0.39 is 0 Å². The first-order chi connectivity index (χ1) is 15.3. The molecule has 5 rings (SSSR count). The summed E-state index contributed by atoms with van der Waals surface area (Å²) in [6.07, 6.45) is 1.45. The first kappa shape index (κ1) is 19.1. The number of rotatable bonds is 6. The van der Waals surface area contributed by atoms with E-state index in [1.807, 2.05) is 78.9 Å². The molecule has 152 valence electrons. The lowest BCUT2D eigenvalue weighted by molar-refractivity contribution is 0.306. The van der Waals surface area contributed by atoms with Crippen molar-refractivity contribution in [2.75, 3.05) is 5.32 Å². The molecule has 7 heteroatoms. The molecule has 0 saturated heterocycles. The van der Waals surface area contributed by atoms with E-state index in [1.54, 1.807) is 0 Å². The fourth-order valence-electron chi connectivity index (χ4n) is 3.24. The molecule has 0 amide bonds. The molecule has 1 N–H and O–H groups in total. The summed E-state index contributed by atoms with van der Waals surface area (Å²) in [6.45, 7) is 0.445. The summed E-state index contributed by atoms with van der Waals surface area (Å²) in [4.78, 5) is 8.59. The Morgan fingerprint density at radius 2 is 1.74 bits per heavy atom. The van der Waals surface area contributed by atoms with Crippen molar-refractivity contribution in [2.45, 2.75) is 6.61 Å². The number of halogens is 1. The highest BCUT2D eigenvalue weighted by Crippen LogP contribution is 2.32. The summed E-state index contributed by atoms with van der Waals surface area (Å²) >= 11 is 6.02. The van der Waals surface area contributed by atoms with Gasteiger partial charge < -0.3 is 14.6 Å². The molecule has 31 heavy (non-hydrogen) atoms. The highest BCUT2D eigenvalue weighted by atomic mass is 35.5. The van der Waals surface area contributed by atoms with Gasteiger partial charge in [0, 0.05) is 16.3 Å². The van der Waals surface area contributed by atoms with Gasteiger partial charge in [-0.05, 0) is 42.0 Å². The van der Waals surface area contributed by atoms with Gasteiger partial charge in [0.1, 0.15) is 35.6 Å². The molecule has 0 aliphatic carbocycles. The van der Waals surface area contributed by atoms with Crippen molar-refractivity contribution < 1.29 is 9.26 Å². The van der Waals surface area contributed by atoms with E-state index in [0.717, 1.165) is 28.0 Å². The van der Waals surface area contributed by atoms with Crippen LogP contribution in [0.5, 0.6) is 5.75 Å². The number of hydrogen-bond acceptors (Lipinski definition) is 6. The van der Waals surface area contributed by atoms with E-state index in [0.29, 0.717) is 28.9 Å². The number of nitrogens with zero attached hydrogens (tertiary/aromatic N) is 3. The van der Waals surface area contributed by atoms with Gasteiger partial charge in [0.15, 0.2) is 0 Å². The lowest BCUT2D eigenvalue weighted by atomic mass is 10.1. The van der Waals surface area contributed by atoms with E-state index in [1.165, 1.54) is 6.33 Å². The maximum absolute atomic E-state index is 6.02. The molecule has 2 heterocycles. The van der Waals surface area contributed by atoms with Gasteiger partial charge in [-0.25, -0.2) is 4.98 Å². The normalized spacial score (nSPS) is 10.9. The SMILES string of the molecule is Clc1cccc(COc2ccc(Nc3ncnc4onc(-c5ccccc5)c34)cc2)c1. The molecule has 0 fully saturated rings. The van der Waals surface area contributed by atoms with Crippen molar-refractivity contribution in [3.63, 3.8) is 0 Å². The summed E-state index contributed by atoms with van der Waals surface area (Å²) in [5.74, 6) is 1.38. The molecule has 0 aliphatic heterocycles. The van der Waals surface area contributed by atoms with Crippen LogP contribution in [0.1, 0.15) is 5.56 Å². The van der Waals surface area contributed by atoms with E-state index in [4.69, 9.17) is 20.9 Å². The highest BCUT2D eigenvalue weighted by Gasteiger charge is 2.16. The Morgan fingerprint density at radius 3 is 2.55 bits per heavy atom. The Hall–Kier alpha value is -3.90. The molecule has 6 nitrogen and oxygen atoms in total. The van der Waals surface area contributed by atoms with Crippen LogP contribution in [-0.4, -0.2) is 15.1 Å². The first-order valence-electron chi connectivity index (χ1n) is 9.66. The van der Waals surface area contributed by atoms with Gasteiger partial charge in [-0.15, -0.1) is 0 Å². The topological polar surface area (TPSA) is 73.1 Å². The largest absolute Gasteiger partial charge is 0.489 e. The lowest BCUT2D eigenvalue weighted by Gasteiger charge is -2.09. The predicted octanol–water partition coefficient (Wildman–Crippen LogP) is 6.26. The molecule has 5 aromatic rings. The van der Waals surface area contributed by atoms with Gasteiger partial charge in [0.05, 0.1) is 0 Å². The minimum absolute atomic E-state index is 0.429. The van der Waals surface area contributed by atoms with E-state index in [9.17, 15) is 0 Å². The number of nitrogens with one attached hydrogen (secondary N) is 1. The quantitative estimate of drug-likeness (QED) is 0.344. The van der Waals surface area contributed by atoms with Gasteiger partial charge in [-0.3, -0.25) is 0 Å². The van der Waals surface area contributed by atoms with Crippen LogP contribution in [-0.2, 0) is 6.61 Å². The smallest absolute Gasteiger partial charge is 0.263 e. The Morgan fingerprint density at radius 1 is 0.903 bits per heavy atom. The van der Waals surface area contributed by atoms with Gasteiger partial charge in [0.25, 0.3) is 5.71 Å². The molecule has 0 bridgehead atoms. The number of benzene rings is 3. The average molecular weight is 429 g/mol. The van der Waals surface area contributed by atoms with E-state index >= 15 is 0 Å². The molecule has 0 saturated carbocycles. The Labute approximate surface area is 183 Å². The number of aromatic nitrogens is 3. The summed E-state index contributed by atoms with van der Waals surface area (Å²) in [5.41, 5.74) is 3.93. The van der Waals surface area contributed by atoms with Gasteiger partial charge in [0.2, 0.25) is 0 Å². The fourth-order valence-corrected chi connectivity index (χ4v) is 3.45. The molecule has 0 atom stereocenters. The van der Waals surface area contributed by atoms with Crippen LogP contribution < -0.4 is 10.1 Å². The fraction of sp³-hybridized carbons (Fsp3) is 0.0417. The standard InChI is InChI=1S/C24H17ClN4O2/c25-18-8-4-5-16(13-18)14-30-20-11-9-19(10-12-20)28-23-21-22(17-6-2-1-3-7-17)29-31-24(21)27-15-26-23/h1-13,15H,14H2,(H,26,27,28). The van der Waals surface area contributed by atoms with Crippen LogP contribution in [0.4, 0.5) is 11.5 Å². The average Bonchev–Trinajstić information content (AvgIpc) is 3.25. The third-order valence-corrected chi connectivity index (χ3v) is 4.97. The zero-order valence-electron chi connectivity index (χ0n) is 16.3. The first-order valence-corrected chi connectivity index (χ1v) is 10.0. The Kier molecular flexibility index (Phi) is 5.21. The molecule has 2 aromatic heterocycles. The highest BCUT2D eigenvalue weighted by molar-refractivity contribution is 6.30. The maximum Gasteiger partial charge on any atom is 0.263 e. The van der Waals surface area contributed by atoms with Gasteiger partial charge >= 0.3 is 0 Å². The molecule has 0 aliphatic rings. The predicted molar refractivity (Wildman–Crippen MR) is 121 cm³/mol. The second kappa shape index (κ2) is 8.45. The van der Waals surface area contributed by atoms with Crippen molar-refractivity contribution in [2.24, 2.45) is 0 Å². The molecule has 0 radical (unpaired) electrons. The van der Waals surface area contributed by atoms with Crippen molar-refractivity contribution in [1.82, 2.24) is 15.1 Å². The summed E-state index contributed by atoms with van der Waals surface area (Å²) in [7, 11) is 0. The molecule has 3 aromatic carbocycles. The van der Waals surface area contributed by atoms with E-state index in [2.05, 4.69) is 20.4 Å². The minimum Gasteiger partial charge on any atom is -0.489 e. The number of ether oxygens (including phenoxy) is 1. The number of anilines is 2. The summed E-state index contributed by atoms with van der Waals surface area (Å²) in [5, 5.41) is 8.95. The monoisotopic (exact) mass is 428 g/mol. The molecule has 0 spiro atoms. The number of hydrogen-bond donors (Lipinski definition) is 1. The minimum atomic E-state index is 0.429. The van der Waals surface area contributed by atoms with Crippen LogP contribution in [0.2, 0.25) is 5.02 Å². The van der Waals surface area contributed by atoms with Crippen molar-refractivity contribution in [3.05, 3.63) is 95.8 Å². The second-order valence-electron chi connectivity index (χ2n) is 6.87. The third kappa shape index (κ3) is 4.20. The van der Waals surface area contributed by atoms with Crippen LogP contribution in [0.25, 0.3) is 22.4 Å². The van der Waals surface area contributed by atoms with Crippen molar-refractivity contribution in [1.29, 1.82) is 0 Å². The van der Waals surface area contributed by atoms with Crippen molar-refractivity contribution in [3.8, 4) is 17.0 Å². The van der Waals surface area contributed by atoms with E-state index in [-0.39, 0.29) is 0 Å². The zero-order valence-corrected chi connectivity index (χ0v) is 17.1. The van der Waals surface area contributed by atoms with Crippen LogP contribution in [0.3, 0.4) is 0 Å². The molecular weight excluding hydrogens is 412 g/mol. The third-order valence-electron chi connectivity index (χ3n) is 4.73. The lowest BCUT2D eigenvalue weighted by Crippen LogP contribution is -1.97. The van der Waals surface area contributed by atoms with Gasteiger partial charge in [-0.2, -0.15) is 4.98 Å². The zero-order chi connectivity index (χ0) is 21.0. The molecular formula is C24H17ClN4O2. The van der Waals surface area contributed by atoms with Gasteiger partial charge in [-0.1, -0.05) is 59.2 Å². The van der Waals surface area contributed by atoms with Crippen LogP contribution >= 0.6 is 11.6 Å². The molecule has 0 unspecified atom stereocenters. The maximum atomic E-state index is 6.02. The Bertz CT molecular complexity index is 1320. The van der Waals surface area contributed by atoms with Crippen LogP contribution in [0, 0.1) is 0 Å². The second-order valence-corrected chi connectivity index (χ2v) is 7.30. The summed E-state index contributed by atoms with van der Waals surface area (Å²) in [6, 6.07) is 25.1. The Balaban J connectivity index is 1.36. The number of fused-ring (bicyclic) bond motifs is 1.